The Bertz CT molecular complexity index is 3270. The number of hydrogen-bond donors (Lipinski definition) is 0. The van der Waals surface area contributed by atoms with Gasteiger partial charge in [0.2, 0.25) is 0 Å². The molecule has 0 fully saturated rings. The van der Waals surface area contributed by atoms with Crippen LogP contribution in [0, 0.1) is 0 Å². The molecule has 0 radical (unpaired) electrons. The van der Waals surface area contributed by atoms with Crippen LogP contribution >= 0.6 is 0 Å². The largest absolute Gasteiger partial charge is 0.310 e. The third kappa shape index (κ3) is 4.20. The molecule has 3 aliphatic rings. The molecule has 0 saturated carbocycles. The fourth-order valence-corrected chi connectivity index (χ4v) is 10.7. The summed E-state index contributed by atoms with van der Waals surface area (Å²) < 4.78 is 0. The van der Waals surface area contributed by atoms with Crippen molar-refractivity contribution in [3.05, 3.63) is 235 Å². The lowest BCUT2D eigenvalue weighted by Gasteiger charge is -2.36. The van der Waals surface area contributed by atoms with E-state index in [1.807, 2.05) is 0 Å². The Morgan fingerprint density at radius 1 is 0.276 bits per heavy atom. The number of hydrogen-bond acceptors (Lipinski definition) is 1. The Kier molecular flexibility index (Phi) is 6.43. The summed E-state index contributed by atoms with van der Waals surface area (Å²) in [5.41, 5.74) is 21.3. The zero-order chi connectivity index (χ0) is 38.0. The molecule has 0 unspecified atom stereocenters. The van der Waals surface area contributed by atoms with E-state index in [2.05, 4.69) is 217 Å². The Balaban J connectivity index is 1.06. The molecular formula is C57H35N. The van der Waals surface area contributed by atoms with Crippen LogP contribution in [0.4, 0.5) is 17.1 Å². The monoisotopic (exact) mass is 733 g/mol. The third-order valence-electron chi connectivity index (χ3n) is 13.1. The molecule has 0 N–H and O–H groups in total. The second-order valence-corrected chi connectivity index (χ2v) is 16.0. The molecule has 0 heterocycles. The highest BCUT2D eigenvalue weighted by Crippen LogP contribution is 2.65. The van der Waals surface area contributed by atoms with Gasteiger partial charge in [-0.2, -0.15) is 0 Å². The zero-order valence-electron chi connectivity index (χ0n) is 31.7. The van der Waals surface area contributed by atoms with Crippen molar-refractivity contribution in [2.24, 2.45) is 0 Å². The summed E-state index contributed by atoms with van der Waals surface area (Å²) in [6, 6.07) is 79.3. The van der Waals surface area contributed by atoms with Gasteiger partial charge in [0.25, 0.3) is 0 Å². The lowest BCUT2D eigenvalue weighted by molar-refractivity contribution is 0.793. The Morgan fingerprint density at radius 2 is 0.724 bits per heavy atom. The zero-order valence-corrected chi connectivity index (χ0v) is 31.7. The van der Waals surface area contributed by atoms with E-state index in [0.29, 0.717) is 0 Å². The van der Waals surface area contributed by atoms with Crippen molar-refractivity contribution in [3.8, 4) is 55.6 Å². The fourth-order valence-electron chi connectivity index (χ4n) is 10.7. The fraction of sp³-hybridized carbons (Fsp3) is 0.0175. The summed E-state index contributed by atoms with van der Waals surface area (Å²) in [7, 11) is 0. The van der Waals surface area contributed by atoms with E-state index in [9.17, 15) is 0 Å². The maximum Gasteiger partial charge on any atom is 0.0746 e. The standard InChI is InChI=1S/C57H35N/c1-2-13-36(14-3-1)37-25-28-42(29-26-37)58(43-30-27-40-34-50-48-32-38-15-4-5-16-39(38)33-49(48)51(50)35-41(40)31-43)55-24-12-20-47-46-19-8-11-23-54(46)57(56(47)55)52-21-9-6-17-44(52)45-18-7-10-22-53(45)57/h1-35H. The molecule has 0 saturated heterocycles. The van der Waals surface area contributed by atoms with Crippen LogP contribution in [0.25, 0.3) is 77.2 Å². The number of fused-ring (bicyclic) bond motifs is 16. The second-order valence-electron chi connectivity index (χ2n) is 16.0. The highest BCUT2D eigenvalue weighted by Gasteiger charge is 2.53. The second kappa shape index (κ2) is 11.8. The van der Waals surface area contributed by atoms with E-state index < -0.39 is 5.41 Å². The van der Waals surface area contributed by atoms with Crippen LogP contribution in [0.3, 0.4) is 0 Å². The van der Waals surface area contributed by atoms with Crippen molar-refractivity contribution in [1.82, 2.24) is 0 Å². The topological polar surface area (TPSA) is 3.24 Å². The van der Waals surface area contributed by atoms with Crippen molar-refractivity contribution in [2.45, 2.75) is 5.41 Å². The number of benzene rings is 10. The molecule has 58 heavy (non-hydrogen) atoms. The van der Waals surface area contributed by atoms with Crippen molar-refractivity contribution in [2.75, 3.05) is 4.90 Å². The van der Waals surface area contributed by atoms with Gasteiger partial charge in [-0.15, -0.1) is 0 Å². The molecule has 1 heteroatoms. The minimum Gasteiger partial charge on any atom is -0.310 e. The quantitative estimate of drug-likeness (QED) is 0.174. The first-order chi connectivity index (χ1) is 28.8. The summed E-state index contributed by atoms with van der Waals surface area (Å²) >= 11 is 0. The summed E-state index contributed by atoms with van der Waals surface area (Å²) in [6.45, 7) is 0. The molecule has 10 aromatic rings. The molecule has 1 nitrogen and oxygen atoms in total. The molecule has 1 spiro atoms. The summed E-state index contributed by atoms with van der Waals surface area (Å²) in [4.78, 5) is 2.52. The molecule has 0 aromatic heterocycles. The highest BCUT2D eigenvalue weighted by molar-refractivity contribution is 6.12. The van der Waals surface area contributed by atoms with Crippen LogP contribution in [-0.2, 0) is 5.41 Å². The van der Waals surface area contributed by atoms with Crippen LogP contribution in [0.1, 0.15) is 22.3 Å². The molecule has 0 bridgehead atoms. The predicted molar refractivity (Wildman–Crippen MR) is 242 cm³/mol. The van der Waals surface area contributed by atoms with Gasteiger partial charge in [0, 0.05) is 16.9 Å². The summed E-state index contributed by atoms with van der Waals surface area (Å²) in [5, 5.41) is 5.07. The first kappa shape index (κ1) is 31.7. The SMILES string of the molecule is c1ccc(-c2ccc(N(c3ccc4cc5c(cc4c3)-c3cc4ccccc4cc3-5)c3cccc4c3C3(c5ccccc5-c5ccccc53)c3ccccc3-4)cc2)cc1. The highest BCUT2D eigenvalue weighted by atomic mass is 15.1. The maximum absolute atomic E-state index is 2.52. The molecule has 268 valence electrons. The molecule has 13 rings (SSSR count). The van der Waals surface area contributed by atoms with E-state index >= 15 is 0 Å². The summed E-state index contributed by atoms with van der Waals surface area (Å²) in [6.07, 6.45) is 0. The molecule has 0 atom stereocenters. The smallest absolute Gasteiger partial charge is 0.0746 e. The van der Waals surface area contributed by atoms with Crippen molar-refractivity contribution in [3.63, 3.8) is 0 Å². The molecule has 3 aliphatic carbocycles. The summed E-state index contributed by atoms with van der Waals surface area (Å²) in [5.74, 6) is 0. The van der Waals surface area contributed by atoms with Gasteiger partial charge in [-0.3, -0.25) is 0 Å². The van der Waals surface area contributed by atoms with Crippen LogP contribution in [0.5, 0.6) is 0 Å². The van der Waals surface area contributed by atoms with Gasteiger partial charge in [-0.1, -0.05) is 158 Å². The van der Waals surface area contributed by atoms with E-state index in [1.54, 1.807) is 0 Å². The maximum atomic E-state index is 2.52. The van der Waals surface area contributed by atoms with Crippen LogP contribution in [0.15, 0.2) is 212 Å². The lowest BCUT2D eigenvalue weighted by atomic mass is 9.70. The molecular weight excluding hydrogens is 699 g/mol. The lowest BCUT2D eigenvalue weighted by Crippen LogP contribution is -2.28. The minimum absolute atomic E-state index is 0.482. The minimum atomic E-state index is -0.482. The van der Waals surface area contributed by atoms with E-state index in [1.165, 1.54) is 105 Å². The van der Waals surface area contributed by atoms with Crippen LogP contribution in [-0.4, -0.2) is 0 Å². The number of nitrogens with zero attached hydrogens (tertiary/aromatic N) is 1. The van der Waals surface area contributed by atoms with E-state index in [0.717, 1.165) is 11.4 Å². The first-order valence-corrected chi connectivity index (χ1v) is 20.3. The van der Waals surface area contributed by atoms with E-state index in [-0.39, 0.29) is 0 Å². The van der Waals surface area contributed by atoms with Crippen molar-refractivity contribution in [1.29, 1.82) is 0 Å². The molecule has 10 aromatic carbocycles. The average Bonchev–Trinajstić information content (AvgIpc) is 3.76. The molecule has 0 amide bonds. The van der Waals surface area contributed by atoms with Gasteiger partial charge in [0.15, 0.2) is 0 Å². The van der Waals surface area contributed by atoms with Gasteiger partial charge in [-0.05, 0) is 148 Å². The van der Waals surface area contributed by atoms with E-state index in [4.69, 9.17) is 0 Å². The first-order valence-electron chi connectivity index (χ1n) is 20.3. The average molecular weight is 734 g/mol. The third-order valence-corrected chi connectivity index (χ3v) is 13.1. The van der Waals surface area contributed by atoms with Gasteiger partial charge in [-0.25, -0.2) is 0 Å². The van der Waals surface area contributed by atoms with Gasteiger partial charge < -0.3 is 4.90 Å². The van der Waals surface area contributed by atoms with Crippen LogP contribution < -0.4 is 4.90 Å². The van der Waals surface area contributed by atoms with Gasteiger partial charge in [0.05, 0.1) is 11.1 Å². The Hall–Kier alpha value is -7.48. The van der Waals surface area contributed by atoms with Crippen molar-refractivity contribution < 1.29 is 0 Å². The number of rotatable bonds is 4. The van der Waals surface area contributed by atoms with Crippen LogP contribution in [0.2, 0.25) is 0 Å². The molecule has 0 aliphatic heterocycles. The van der Waals surface area contributed by atoms with Gasteiger partial charge in [0.1, 0.15) is 0 Å². The Labute approximate surface area is 337 Å². The normalized spacial score (nSPS) is 13.3. The number of anilines is 3. The predicted octanol–water partition coefficient (Wildman–Crippen LogP) is 15.1. The van der Waals surface area contributed by atoms with Gasteiger partial charge >= 0.3 is 0 Å². The van der Waals surface area contributed by atoms with Crippen molar-refractivity contribution >= 4 is 38.6 Å². The Morgan fingerprint density at radius 3 is 1.33 bits per heavy atom.